The first-order chi connectivity index (χ1) is 12.7. The molecule has 0 N–H and O–H groups in total. The summed E-state index contributed by atoms with van der Waals surface area (Å²) in [6.45, 7) is 6.70. The van der Waals surface area contributed by atoms with Crippen LogP contribution in [-0.4, -0.2) is 58.0 Å². The Morgan fingerprint density at radius 3 is 2.73 bits per heavy atom. The van der Waals surface area contributed by atoms with Gasteiger partial charge in [-0.15, -0.1) is 11.3 Å². The van der Waals surface area contributed by atoms with Crippen LogP contribution in [0.2, 0.25) is 0 Å². The Morgan fingerprint density at radius 2 is 1.96 bits per heavy atom. The number of carbonyl (C=O) groups is 1. The van der Waals surface area contributed by atoms with Crippen molar-refractivity contribution in [1.29, 1.82) is 0 Å². The lowest BCUT2D eigenvalue weighted by Gasteiger charge is -2.34. The van der Waals surface area contributed by atoms with Gasteiger partial charge in [-0.1, -0.05) is 6.92 Å². The van der Waals surface area contributed by atoms with Gasteiger partial charge in [0.2, 0.25) is 5.91 Å². The summed E-state index contributed by atoms with van der Waals surface area (Å²) in [6.07, 6.45) is 7.03. The largest absolute Gasteiger partial charge is 0.339 e. The molecule has 1 aliphatic carbocycles. The predicted octanol–water partition coefficient (Wildman–Crippen LogP) is 1.89. The molecule has 2 aromatic heterocycles. The van der Waals surface area contributed by atoms with E-state index in [9.17, 15) is 9.59 Å². The first kappa shape index (κ1) is 17.7. The predicted molar refractivity (Wildman–Crippen MR) is 104 cm³/mol. The van der Waals surface area contributed by atoms with E-state index in [2.05, 4.69) is 16.8 Å². The summed E-state index contributed by atoms with van der Waals surface area (Å²) in [5, 5.41) is 0.757. The molecule has 1 fully saturated rings. The quantitative estimate of drug-likeness (QED) is 0.820. The number of rotatable bonds is 4. The maximum Gasteiger partial charge on any atom is 0.262 e. The second kappa shape index (κ2) is 7.48. The Balaban J connectivity index is 1.51. The number of hydrogen-bond acceptors (Lipinski definition) is 5. The third-order valence-corrected chi connectivity index (χ3v) is 6.71. The smallest absolute Gasteiger partial charge is 0.262 e. The van der Waals surface area contributed by atoms with Crippen molar-refractivity contribution >= 4 is 27.5 Å². The van der Waals surface area contributed by atoms with Crippen molar-refractivity contribution in [2.24, 2.45) is 0 Å². The van der Waals surface area contributed by atoms with Crippen molar-refractivity contribution < 1.29 is 4.79 Å². The average molecular weight is 375 g/mol. The van der Waals surface area contributed by atoms with Crippen LogP contribution in [0.4, 0.5) is 0 Å². The van der Waals surface area contributed by atoms with Crippen LogP contribution in [-0.2, 0) is 24.2 Å². The van der Waals surface area contributed by atoms with E-state index < -0.39 is 0 Å². The van der Waals surface area contributed by atoms with Gasteiger partial charge in [0.15, 0.2) is 0 Å². The van der Waals surface area contributed by atoms with Gasteiger partial charge < -0.3 is 4.90 Å². The second-order valence-corrected chi connectivity index (χ2v) is 8.37. The van der Waals surface area contributed by atoms with Crippen LogP contribution < -0.4 is 5.56 Å². The van der Waals surface area contributed by atoms with E-state index in [1.165, 1.54) is 21.4 Å². The Labute approximate surface area is 157 Å². The van der Waals surface area contributed by atoms with Gasteiger partial charge in [0, 0.05) is 31.1 Å². The number of hydrogen-bond donors (Lipinski definition) is 0. The van der Waals surface area contributed by atoms with E-state index >= 15 is 0 Å². The number of carbonyl (C=O) groups excluding carboxylic acids is 1. The van der Waals surface area contributed by atoms with Gasteiger partial charge in [-0.25, -0.2) is 4.98 Å². The molecule has 0 radical (unpaired) electrons. The standard InChI is InChI=1S/C19H26N4O2S/c1-2-7-21-8-10-22(11-9-21)16(24)12-23-13-20-18-17(19(23)25)14-5-3-4-6-15(14)26-18/h13H,2-12H2,1H3. The molecule has 0 saturated carbocycles. The van der Waals surface area contributed by atoms with E-state index in [-0.39, 0.29) is 18.0 Å². The number of thiophene rings is 1. The summed E-state index contributed by atoms with van der Waals surface area (Å²) in [7, 11) is 0. The molecule has 0 aromatic carbocycles. The lowest BCUT2D eigenvalue weighted by Crippen LogP contribution is -2.50. The lowest BCUT2D eigenvalue weighted by atomic mass is 9.97. The van der Waals surface area contributed by atoms with Crippen molar-refractivity contribution in [1.82, 2.24) is 19.4 Å². The summed E-state index contributed by atoms with van der Waals surface area (Å²) in [5.74, 6) is 0.0218. The molecule has 7 heteroatoms. The second-order valence-electron chi connectivity index (χ2n) is 7.29. The van der Waals surface area contributed by atoms with Crippen molar-refractivity contribution in [2.75, 3.05) is 32.7 Å². The van der Waals surface area contributed by atoms with Crippen LogP contribution in [0.1, 0.15) is 36.6 Å². The van der Waals surface area contributed by atoms with Crippen LogP contribution in [0.25, 0.3) is 10.2 Å². The van der Waals surface area contributed by atoms with Crippen molar-refractivity contribution in [3.63, 3.8) is 0 Å². The molecular formula is C19H26N4O2S. The zero-order valence-electron chi connectivity index (χ0n) is 15.4. The van der Waals surface area contributed by atoms with Crippen molar-refractivity contribution in [3.8, 4) is 0 Å². The molecule has 0 bridgehead atoms. The fourth-order valence-corrected chi connectivity index (χ4v) is 5.30. The van der Waals surface area contributed by atoms with E-state index in [0.717, 1.165) is 68.6 Å². The molecule has 4 rings (SSSR count). The van der Waals surface area contributed by atoms with Gasteiger partial charge in [-0.05, 0) is 44.2 Å². The highest BCUT2D eigenvalue weighted by atomic mass is 32.1. The van der Waals surface area contributed by atoms with E-state index in [1.54, 1.807) is 17.7 Å². The zero-order chi connectivity index (χ0) is 18.1. The number of aryl methyl sites for hydroxylation is 2. The van der Waals surface area contributed by atoms with E-state index in [4.69, 9.17) is 0 Å². The molecule has 140 valence electrons. The SMILES string of the molecule is CCCN1CCN(C(=O)Cn2cnc3sc4c(c3c2=O)CCCC4)CC1. The molecule has 6 nitrogen and oxygen atoms in total. The van der Waals surface area contributed by atoms with Gasteiger partial charge in [-0.3, -0.25) is 19.1 Å². The minimum absolute atomic E-state index is 0.0218. The molecule has 26 heavy (non-hydrogen) atoms. The topological polar surface area (TPSA) is 58.4 Å². The molecule has 3 heterocycles. The third-order valence-electron chi connectivity index (χ3n) is 5.51. The van der Waals surface area contributed by atoms with Crippen LogP contribution in [0, 0.1) is 0 Å². The molecule has 0 spiro atoms. The third kappa shape index (κ3) is 3.30. The highest BCUT2D eigenvalue weighted by molar-refractivity contribution is 7.18. The summed E-state index contributed by atoms with van der Waals surface area (Å²) in [4.78, 5) is 36.5. The first-order valence-electron chi connectivity index (χ1n) is 9.67. The lowest BCUT2D eigenvalue weighted by molar-refractivity contribution is -0.133. The van der Waals surface area contributed by atoms with E-state index in [0.29, 0.717) is 0 Å². The Hall–Kier alpha value is -1.73. The monoisotopic (exact) mass is 374 g/mol. The normalized spacial score (nSPS) is 18.3. The first-order valence-corrected chi connectivity index (χ1v) is 10.5. The van der Waals surface area contributed by atoms with Gasteiger partial charge in [-0.2, -0.15) is 0 Å². The molecule has 1 saturated heterocycles. The highest BCUT2D eigenvalue weighted by Crippen LogP contribution is 2.33. The number of nitrogens with zero attached hydrogens (tertiary/aromatic N) is 4. The summed E-state index contributed by atoms with van der Waals surface area (Å²) in [6, 6.07) is 0. The van der Waals surface area contributed by atoms with Gasteiger partial charge in [0.25, 0.3) is 5.56 Å². The maximum atomic E-state index is 13.0. The van der Waals surface area contributed by atoms with Crippen molar-refractivity contribution in [3.05, 3.63) is 27.1 Å². The minimum atomic E-state index is -0.0487. The van der Waals surface area contributed by atoms with E-state index in [1.807, 2.05) is 4.90 Å². The Kier molecular flexibility index (Phi) is 5.09. The molecule has 2 aromatic rings. The molecule has 0 unspecified atom stereocenters. The summed E-state index contributed by atoms with van der Waals surface area (Å²) >= 11 is 1.65. The maximum absolute atomic E-state index is 13.0. The fourth-order valence-electron chi connectivity index (χ4n) is 4.08. The molecule has 2 aliphatic rings. The van der Waals surface area contributed by atoms with Crippen molar-refractivity contribution in [2.45, 2.75) is 45.6 Å². The van der Waals surface area contributed by atoms with Gasteiger partial charge in [0.05, 0.1) is 11.7 Å². The summed E-state index contributed by atoms with van der Waals surface area (Å²) in [5.41, 5.74) is 1.14. The molecule has 1 amide bonds. The molecular weight excluding hydrogens is 348 g/mol. The van der Waals surface area contributed by atoms with Crippen LogP contribution in [0.5, 0.6) is 0 Å². The number of fused-ring (bicyclic) bond motifs is 3. The Morgan fingerprint density at radius 1 is 1.19 bits per heavy atom. The number of aromatic nitrogens is 2. The Bertz CT molecular complexity index is 864. The minimum Gasteiger partial charge on any atom is -0.339 e. The summed E-state index contributed by atoms with van der Waals surface area (Å²) < 4.78 is 1.50. The number of piperazine rings is 1. The van der Waals surface area contributed by atoms with Gasteiger partial charge in [0.1, 0.15) is 11.4 Å². The fraction of sp³-hybridized carbons (Fsp3) is 0.632. The van der Waals surface area contributed by atoms with Gasteiger partial charge >= 0.3 is 0 Å². The number of amides is 1. The highest BCUT2D eigenvalue weighted by Gasteiger charge is 2.23. The van der Waals surface area contributed by atoms with Crippen LogP contribution in [0.3, 0.4) is 0 Å². The van der Waals surface area contributed by atoms with Crippen LogP contribution >= 0.6 is 11.3 Å². The average Bonchev–Trinajstić information content (AvgIpc) is 3.04. The zero-order valence-corrected chi connectivity index (χ0v) is 16.2. The van der Waals surface area contributed by atoms with Crippen LogP contribution in [0.15, 0.2) is 11.1 Å². The molecule has 1 aliphatic heterocycles. The molecule has 0 atom stereocenters.